The molecule has 2 heterocycles. The van der Waals surface area contributed by atoms with E-state index >= 15 is 0 Å². The summed E-state index contributed by atoms with van der Waals surface area (Å²) in [6.45, 7) is 1.09. The van der Waals surface area contributed by atoms with Crippen molar-refractivity contribution < 1.29 is 14.7 Å². The number of aliphatic hydroxyl groups excluding tert-OH is 1. The third-order valence-corrected chi connectivity index (χ3v) is 3.76. The number of aliphatic hydroxyl groups is 1. The van der Waals surface area contributed by atoms with Crippen LogP contribution in [-0.4, -0.2) is 46.9 Å². The van der Waals surface area contributed by atoms with Crippen LogP contribution in [0.15, 0.2) is 35.5 Å². The smallest absolute Gasteiger partial charge is 0.266 e. The summed E-state index contributed by atoms with van der Waals surface area (Å²) in [6, 6.07) is 9.74. The Balaban J connectivity index is 1.62. The van der Waals surface area contributed by atoms with Gasteiger partial charge in [0.15, 0.2) is 0 Å². The quantitative estimate of drug-likeness (QED) is 0.880. The molecule has 0 saturated carbocycles. The van der Waals surface area contributed by atoms with Gasteiger partial charge in [-0.05, 0) is 18.4 Å². The average Bonchev–Trinajstić information content (AvgIpc) is 2.97. The van der Waals surface area contributed by atoms with E-state index in [4.69, 9.17) is 4.84 Å². The van der Waals surface area contributed by atoms with E-state index in [9.17, 15) is 9.90 Å². The van der Waals surface area contributed by atoms with Gasteiger partial charge in [-0.3, -0.25) is 4.79 Å². The molecule has 0 aromatic heterocycles. The molecule has 2 aliphatic rings. The summed E-state index contributed by atoms with van der Waals surface area (Å²) in [5.41, 5.74) is 1.79. The molecule has 1 aromatic carbocycles. The predicted octanol–water partition coefficient (Wildman–Crippen LogP) is 1.16. The van der Waals surface area contributed by atoms with E-state index in [1.165, 1.54) is 0 Å². The van der Waals surface area contributed by atoms with Crippen molar-refractivity contribution in [2.75, 3.05) is 13.1 Å². The molecular weight excluding hydrogens is 256 g/mol. The summed E-state index contributed by atoms with van der Waals surface area (Å²) in [4.78, 5) is 19.3. The Hall–Kier alpha value is -1.88. The number of piperidine rings is 1. The van der Waals surface area contributed by atoms with E-state index in [-0.39, 0.29) is 5.91 Å². The van der Waals surface area contributed by atoms with Gasteiger partial charge in [-0.2, -0.15) is 0 Å². The summed E-state index contributed by atoms with van der Waals surface area (Å²) in [6.07, 6.45) is 1.14. The number of hydrogen-bond donors (Lipinski definition) is 1. The van der Waals surface area contributed by atoms with Crippen LogP contribution < -0.4 is 0 Å². The van der Waals surface area contributed by atoms with E-state index < -0.39 is 12.2 Å². The molecule has 5 heteroatoms. The minimum Gasteiger partial charge on any atom is -0.391 e. The Morgan fingerprint density at radius 1 is 1.35 bits per heavy atom. The molecule has 0 bridgehead atoms. The van der Waals surface area contributed by atoms with E-state index in [2.05, 4.69) is 5.16 Å². The molecule has 20 heavy (non-hydrogen) atoms. The van der Waals surface area contributed by atoms with Crippen LogP contribution in [0.25, 0.3) is 0 Å². The van der Waals surface area contributed by atoms with E-state index in [1.807, 2.05) is 30.3 Å². The SMILES string of the molecule is O=C(C1CC(c2ccccc2)=NO1)N1CCCC(O)C1. The zero-order chi connectivity index (χ0) is 13.9. The van der Waals surface area contributed by atoms with Crippen molar-refractivity contribution >= 4 is 11.6 Å². The van der Waals surface area contributed by atoms with Crippen molar-refractivity contribution in [2.45, 2.75) is 31.5 Å². The van der Waals surface area contributed by atoms with Gasteiger partial charge in [0.1, 0.15) is 0 Å². The van der Waals surface area contributed by atoms with Crippen molar-refractivity contribution in [3.8, 4) is 0 Å². The Morgan fingerprint density at radius 2 is 2.15 bits per heavy atom. The lowest BCUT2D eigenvalue weighted by Crippen LogP contribution is -2.46. The van der Waals surface area contributed by atoms with Gasteiger partial charge in [-0.25, -0.2) is 0 Å². The molecule has 2 unspecified atom stereocenters. The van der Waals surface area contributed by atoms with Crippen molar-refractivity contribution in [1.82, 2.24) is 4.90 Å². The first-order valence-corrected chi connectivity index (χ1v) is 6.99. The van der Waals surface area contributed by atoms with Crippen LogP contribution in [-0.2, 0) is 9.63 Å². The first kappa shape index (κ1) is 13.1. The van der Waals surface area contributed by atoms with Crippen molar-refractivity contribution in [1.29, 1.82) is 0 Å². The Bertz CT molecular complexity index is 515. The highest BCUT2D eigenvalue weighted by atomic mass is 16.6. The van der Waals surface area contributed by atoms with Gasteiger partial charge in [-0.15, -0.1) is 0 Å². The van der Waals surface area contributed by atoms with E-state index in [0.29, 0.717) is 19.5 Å². The number of amides is 1. The first-order chi connectivity index (χ1) is 9.74. The second kappa shape index (κ2) is 5.63. The van der Waals surface area contributed by atoms with E-state index in [1.54, 1.807) is 4.90 Å². The molecule has 2 aliphatic heterocycles. The van der Waals surface area contributed by atoms with Gasteiger partial charge in [0.2, 0.25) is 6.10 Å². The maximum Gasteiger partial charge on any atom is 0.266 e. The molecule has 5 nitrogen and oxygen atoms in total. The van der Waals surface area contributed by atoms with Crippen molar-refractivity contribution in [2.24, 2.45) is 5.16 Å². The highest BCUT2D eigenvalue weighted by molar-refractivity contribution is 6.04. The monoisotopic (exact) mass is 274 g/mol. The molecule has 0 spiro atoms. The molecule has 106 valence electrons. The molecule has 3 rings (SSSR count). The number of rotatable bonds is 2. The van der Waals surface area contributed by atoms with Gasteiger partial charge in [0, 0.05) is 19.5 Å². The van der Waals surface area contributed by atoms with Crippen LogP contribution in [0.1, 0.15) is 24.8 Å². The average molecular weight is 274 g/mol. The zero-order valence-electron chi connectivity index (χ0n) is 11.2. The summed E-state index contributed by atoms with van der Waals surface area (Å²) in [7, 11) is 0. The number of nitrogens with zero attached hydrogens (tertiary/aromatic N) is 2. The third kappa shape index (κ3) is 2.67. The van der Waals surface area contributed by atoms with Crippen LogP contribution in [0.3, 0.4) is 0 Å². The number of oxime groups is 1. The van der Waals surface area contributed by atoms with Gasteiger partial charge in [0.05, 0.1) is 11.8 Å². The highest BCUT2D eigenvalue weighted by Crippen LogP contribution is 2.20. The molecule has 1 amide bonds. The topological polar surface area (TPSA) is 62.1 Å². The van der Waals surface area contributed by atoms with Crippen LogP contribution in [0.4, 0.5) is 0 Å². The van der Waals surface area contributed by atoms with Crippen LogP contribution in [0.5, 0.6) is 0 Å². The minimum atomic E-state index is -0.546. The normalized spacial score (nSPS) is 26.1. The number of β-amino-alcohol motifs (C(OH)–C–C–N with tert-alkyl or cyclic N) is 1. The summed E-state index contributed by atoms with van der Waals surface area (Å²) < 4.78 is 0. The van der Waals surface area contributed by atoms with E-state index in [0.717, 1.165) is 24.1 Å². The predicted molar refractivity (Wildman–Crippen MR) is 74.3 cm³/mol. The number of carbonyl (C=O) groups is 1. The molecule has 0 aliphatic carbocycles. The second-order valence-corrected chi connectivity index (χ2v) is 5.28. The minimum absolute atomic E-state index is 0.0709. The first-order valence-electron chi connectivity index (χ1n) is 6.99. The largest absolute Gasteiger partial charge is 0.391 e. The molecule has 1 fully saturated rings. The summed E-state index contributed by atoms with van der Waals surface area (Å²) >= 11 is 0. The second-order valence-electron chi connectivity index (χ2n) is 5.28. The van der Waals surface area contributed by atoms with Crippen LogP contribution >= 0.6 is 0 Å². The Morgan fingerprint density at radius 3 is 2.90 bits per heavy atom. The molecule has 1 aromatic rings. The maximum atomic E-state index is 12.3. The van der Waals surface area contributed by atoms with Gasteiger partial charge >= 0.3 is 0 Å². The Labute approximate surface area is 117 Å². The third-order valence-electron chi connectivity index (χ3n) is 3.76. The molecule has 2 atom stereocenters. The van der Waals surface area contributed by atoms with Crippen molar-refractivity contribution in [3.63, 3.8) is 0 Å². The van der Waals surface area contributed by atoms with Crippen molar-refractivity contribution in [3.05, 3.63) is 35.9 Å². The zero-order valence-corrected chi connectivity index (χ0v) is 11.2. The standard InChI is InChI=1S/C15H18N2O3/c18-12-7-4-8-17(10-12)15(19)14-9-13(16-20-14)11-5-2-1-3-6-11/h1-3,5-6,12,14,18H,4,7-10H2. The lowest BCUT2D eigenvalue weighted by Gasteiger charge is -2.31. The number of carbonyl (C=O) groups excluding carboxylic acids is 1. The summed E-state index contributed by atoms with van der Waals surface area (Å²) in [5, 5.41) is 13.7. The van der Waals surface area contributed by atoms with Gasteiger partial charge in [-0.1, -0.05) is 35.5 Å². The fraction of sp³-hybridized carbons (Fsp3) is 0.467. The number of benzene rings is 1. The molecule has 0 radical (unpaired) electrons. The molecule has 1 saturated heterocycles. The number of likely N-dealkylation sites (tertiary alicyclic amines) is 1. The Kier molecular flexibility index (Phi) is 3.69. The number of hydrogen-bond acceptors (Lipinski definition) is 4. The molecule has 1 N–H and O–H groups in total. The van der Waals surface area contributed by atoms with Crippen LogP contribution in [0.2, 0.25) is 0 Å². The fourth-order valence-corrected chi connectivity index (χ4v) is 2.67. The summed E-state index contributed by atoms with van der Waals surface area (Å²) in [5.74, 6) is -0.0709. The lowest BCUT2D eigenvalue weighted by molar-refractivity contribution is -0.145. The van der Waals surface area contributed by atoms with Gasteiger partial charge in [0.25, 0.3) is 5.91 Å². The van der Waals surface area contributed by atoms with Crippen LogP contribution in [0, 0.1) is 0 Å². The van der Waals surface area contributed by atoms with Gasteiger partial charge < -0.3 is 14.8 Å². The maximum absolute atomic E-state index is 12.3. The molecular formula is C15H18N2O3. The highest BCUT2D eigenvalue weighted by Gasteiger charge is 2.34. The fourth-order valence-electron chi connectivity index (χ4n) is 2.67. The lowest BCUT2D eigenvalue weighted by atomic mass is 10.0.